The van der Waals surface area contributed by atoms with Gasteiger partial charge < -0.3 is 10.1 Å². The third-order valence-corrected chi connectivity index (χ3v) is 3.23. The number of hydrogen-bond acceptors (Lipinski definition) is 3. The summed E-state index contributed by atoms with van der Waals surface area (Å²) in [5, 5.41) is 2.94. The number of likely N-dealkylation sites (N-methyl/N-ethyl adjacent to an activating group) is 1. The molecule has 1 N–H and O–H groups in total. The molecular formula is C12H22N2O2. The average molecular weight is 226 g/mol. The van der Waals surface area contributed by atoms with Crippen LogP contribution in [-0.4, -0.2) is 50.2 Å². The molecule has 2 fully saturated rings. The number of ether oxygens (including phenoxy) is 1. The SMILES string of the molecule is CN(CC(=O)NC[C@@H]1CCCO1)CC1CC1. The first-order chi connectivity index (χ1) is 7.74. The Bertz CT molecular complexity index is 235. The fourth-order valence-electron chi connectivity index (χ4n) is 2.14. The van der Waals surface area contributed by atoms with Gasteiger partial charge in [-0.15, -0.1) is 0 Å². The third kappa shape index (κ3) is 4.10. The summed E-state index contributed by atoms with van der Waals surface area (Å²) in [6.45, 7) is 3.11. The van der Waals surface area contributed by atoms with Gasteiger partial charge in [-0.3, -0.25) is 9.69 Å². The molecule has 1 heterocycles. The van der Waals surface area contributed by atoms with Gasteiger partial charge in [0.05, 0.1) is 12.6 Å². The molecular weight excluding hydrogens is 204 g/mol. The van der Waals surface area contributed by atoms with Gasteiger partial charge >= 0.3 is 0 Å². The molecule has 1 saturated heterocycles. The quantitative estimate of drug-likeness (QED) is 0.722. The Labute approximate surface area is 97.3 Å². The van der Waals surface area contributed by atoms with Gasteiger partial charge in [0.2, 0.25) is 5.91 Å². The van der Waals surface area contributed by atoms with Crippen molar-refractivity contribution in [2.75, 3.05) is 33.3 Å². The largest absolute Gasteiger partial charge is 0.376 e. The molecule has 0 radical (unpaired) electrons. The summed E-state index contributed by atoms with van der Waals surface area (Å²) < 4.78 is 5.45. The number of amides is 1. The molecule has 1 aliphatic heterocycles. The summed E-state index contributed by atoms with van der Waals surface area (Å²) >= 11 is 0. The zero-order valence-corrected chi connectivity index (χ0v) is 10.1. The van der Waals surface area contributed by atoms with Crippen molar-refractivity contribution in [2.45, 2.75) is 31.8 Å². The Balaban J connectivity index is 1.55. The summed E-state index contributed by atoms with van der Waals surface area (Å²) in [4.78, 5) is 13.7. The first kappa shape index (κ1) is 11.9. The van der Waals surface area contributed by atoms with Crippen molar-refractivity contribution < 1.29 is 9.53 Å². The summed E-state index contributed by atoms with van der Waals surface area (Å²) in [6.07, 6.45) is 5.13. The van der Waals surface area contributed by atoms with Crippen molar-refractivity contribution in [3.63, 3.8) is 0 Å². The highest BCUT2D eigenvalue weighted by atomic mass is 16.5. The minimum absolute atomic E-state index is 0.124. The van der Waals surface area contributed by atoms with Crippen molar-refractivity contribution in [1.29, 1.82) is 0 Å². The van der Waals surface area contributed by atoms with E-state index < -0.39 is 0 Å². The highest BCUT2D eigenvalue weighted by Gasteiger charge is 2.23. The lowest BCUT2D eigenvalue weighted by molar-refractivity contribution is -0.122. The van der Waals surface area contributed by atoms with Crippen LogP contribution in [0.15, 0.2) is 0 Å². The topological polar surface area (TPSA) is 41.6 Å². The van der Waals surface area contributed by atoms with Crippen LogP contribution < -0.4 is 5.32 Å². The number of hydrogen-bond donors (Lipinski definition) is 1. The summed E-state index contributed by atoms with van der Waals surface area (Å²) in [7, 11) is 2.02. The molecule has 1 atom stereocenters. The predicted octanol–water partition coefficient (Wildman–Crippen LogP) is 0.623. The fraction of sp³-hybridized carbons (Fsp3) is 0.917. The van der Waals surface area contributed by atoms with E-state index in [4.69, 9.17) is 4.74 Å². The van der Waals surface area contributed by atoms with E-state index in [0.717, 1.165) is 31.9 Å². The Morgan fingerprint density at radius 3 is 2.88 bits per heavy atom. The van der Waals surface area contributed by atoms with Crippen LogP contribution in [0.1, 0.15) is 25.7 Å². The van der Waals surface area contributed by atoms with Crippen molar-refractivity contribution in [2.24, 2.45) is 5.92 Å². The smallest absolute Gasteiger partial charge is 0.234 e. The van der Waals surface area contributed by atoms with Crippen molar-refractivity contribution in [1.82, 2.24) is 10.2 Å². The number of nitrogens with zero attached hydrogens (tertiary/aromatic N) is 1. The number of nitrogens with one attached hydrogen (secondary N) is 1. The average Bonchev–Trinajstić information content (AvgIpc) is 2.89. The molecule has 1 aliphatic carbocycles. The molecule has 0 bridgehead atoms. The van der Waals surface area contributed by atoms with E-state index in [2.05, 4.69) is 10.2 Å². The summed E-state index contributed by atoms with van der Waals surface area (Å²) in [6, 6.07) is 0. The van der Waals surface area contributed by atoms with Gasteiger partial charge in [-0.05, 0) is 38.6 Å². The van der Waals surface area contributed by atoms with Gasteiger partial charge in [0.1, 0.15) is 0 Å². The van der Waals surface area contributed by atoms with E-state index in [0.29, 0.717) is 13.1 Å². The Hall–Kier alpha value is -0.610. The first-order valence-corrected chi connectivity index (χ1v) is 6.31. The van der Waals surface area contributed by atoms with E-state index in [1.807, 2.05) is 7.05 Å². The lowest BCUT2D eigenvalue weighted by Gasteiger charge is -2.16. The molecule has 1 saturated carbocycles. The maximum Gasteiger partial charge on any atom is 0.234 e. The number of carbonyl (C=O) groups is 1. The highest BCUT2D eigenvalue weighted by Crippen LogP contribution is 2.29. The molecule has 0 spiro atoms. The van der Waals surface area contributed by atoms with Gasteiger partial charge in [0, 0.05) is 19.7 Å². The Morgan fingerprint density at radius 2 is 2.25 bits per heavy atom. The molecule has 1 amide bonds. The van der Waals surface area contributed by atoms with Crippen LogP contribution >= 0.6 is 0 Å². The van der Waals surface area contributed by atoms with Gasteiger partial charge in [-0.25, -0.2) is 0 Å². The van der Waals surface area contributed by atoms with Gasteiger partial charge in [-0.2, -0.15) is 0 Å². The molecule has 92 valence electrons. The predicted molar refractivity (Wildman–Crippen MR) is 62.2 cm³/mol. The van der Waals surface area contributed by atoms with Crippen LogP contribution in [0.25, 0.3) is 0 Å². The second-order valence-corrected chi connectivity index (χ2v) is 5.08. The van der Waals surface area contributed by atoms with E-state index in [-0.39, 0.29) is 12.0 Å². The van der Waals surface area contributed by atoms with E-state index >= 15 is 0 Å². The molecule has 16 heavy (non-hydrogen) atoms. The van der Waals surface area contributed by atoms with Crippen LogP contribution in [0, 0.1) is 5.92 Å². The first-order valence-electron chi connectivity index (χ1n) is 6.31. The molecule has 2 rings (SSSR count). The fourth-order valence-corrected chi connectivity index (χ4v) is 2.14. The highest BCUT2D eigenvalue weighted by molar-refractivity contribution is 5.77. The van der Waals surface area contributed by atoms with Gasteiger partial charge in [0.25, 0.3) is 0 Å². The van der Waals surface area contributed by atoms with Crippen LogP contribution in [-0.2, 0) is 9.53 Å². The number of carbonyl (C=O) groups excluding carboxylic acids is 1. The molecule has 0 unspecified atom stereocenters. The van der Waals surface area contributed by atoms with E-state index in [1.165, 1.54) is 12.8 Å². The number of rotatable bonds is 6. The maximum absolute atomic E-state index is 11.6. The monoisotopic (exact) mass is 226 g/mol. The Kier molecular flexibility index (Phi) is 4.18. The minimum atomic E-state index is 0.124. The van der Waals surface area contributed by atoms with Crippen molar-refractivity contribution >= 4 is 5.91 Å². The zero-order chi connectivity index (χ0) is 11.4. The van der Waals surface area contributed by atoms with Crippen molar-refractivity contribution in [3.8, 4) is 0 Å². The molecule has 4 nitrogen and oxygen atoms in total. The molecule has 0 aromatic carbocycles. The van der Waals surface area contributed by atoms with Crippen LogP contribution in [0.4, 0.5) is 0 Å². The maximum atomic E-state index is 11.6. The minimum Gasteiger partial charge on any atom is -0.376 e. The summed E-state index contributed by atoms with van der Waals surface area (Å²) in [5.74, 6) is 0.967. The lowest BCUT2D eigenvalue weighted by atomic mass is 10.2. The van der Waals surface area contributed by atoms with E-state index in [1.54, 1.807) is 0 Å². The van der Waals surface area contributed by atoms with Crippen molar-refractivity contribution in [3.05, 3.63) is 0 Å². The zero-order valence-electron chi connectivity index (χ0n) is 10.1. The normalized spacial score (nSPS) is 25.0. The summed E-state index contributed by atoms with van der Waals surface area (Å²) in [5.41, 5.74) is 0. The van der Waals surface area contributed by atoms with E-state index in [9.17, 15) is 4.79 Å². The van der Waals surface area contributed by atoms with Gasteiger partial charge in [-0.1, -0.05) is 0 Å². The third-order valence-electron chi connectivity index (χ3n) is 3.23. The second kappa shape index (κ2) is 5.64. The lowest BCUT2D eigenvalue weighted by Crippen LogP contribution is -2.39. The van der Waals surface area contributed by atoms with Gasteiger partial charge in [0.15, 0.2) is 0 Å². The molecule has 0 aromatic heterocycles. The Morgan fingerprint density at radius 1 is 1.44 bits per heavy atom. The van der Waals surface area contributed by atoms with Crippen LogP contribution in [0.5, 0.6) is 0 Å². The second-order valence-electron chi connectivity index (χ2n) is 5.08. The standard InChI is InChI=1S/C12H22N2O2/c1-14(8-10-4-5-10)9-12(15)13-7-11-3-2-6-16-11/h10-11H,2-9H2,1H3,(H,13,15)/t11-/m0/s1. The molecule has 2 aliphatic rings. The molecule has 0 aromatic rings. The van der Waals surface area contributed by atoms with Crippen LogP contribution in [0.2, 0.25) is 0 Å². The van der Waals surface area contributed by atoms with Crippen LogP contribution in [0.3, 0.4) is 0 Å². The molecule has 4 heteroatoms.